The van der Waals surface area contributed by atoms with E-state index in [4.69, 9.17) is 10.5 Å². The summed E-state index contributed by atoms with van der Waals surface area (Å²) in [5.41, 5.74) is 7.90. The molecule has 0 atom stereocenters. The number of benzene rings is 1. The van der Waals surface area contributed by atoms with Crippen molar-refractivity contribution >= 4 is 0 Å². The lowest BCUT2D eigenvalue weighted by atomic mass is 9.43. The molecule has 1 aromatic carbocycles. The maximum absolute atomic E-state index is 6.07. The molecule has 0 unspecified atom stereocenters. The van der Waals surface area contributed by atoms with Crippen LogP contribution in [0.2, 0.25) is 0 Å². The number of methoxy groups -OCH3 is 1. The van der Waals surface area contributed by atoms with Gasteiger partial charge in [-0.3, -0.25) is 0 Å². The van der Waals surface area contributed by atoms with E-state index in [-0.39, 0.29) is 0 Å². The largest absolute Gasteiger partial charge is 0.497 e. The summed E-state index contributed by atoms with van der Waals surface area (Å²) in [6, 6.07) is 8.85. The van der Waals surface area contributed by atoms with Crippen LogP contribution in [0.15, 0.2) is 24.3 Å². The molecule has 0 heterocycles. The van der Waals surface area contributed by atoms with Crippen molar-refractivity contribution in [2.45, 2.75) is 43.9 Å². The SMILES string of the molecule is COc1cccc(C2(CCN)C3CC4CC(C3)CC2C4)c1. The number of nitrogens with two attached hydrogens (primary N) is 1. The minimum Gasteiger partial charge on any atom is -0.497 e. The van der Waals surface area contributed by atoms with Gasteiger partial charge in [-0.15, -0.1) is 0 Å². The molecule has 0 aliphatic heterocycles. The molecule has 0 spiro atoms. The number of rotatable bonds is 4. The van der Waals surface area contributed by atoms with Gasteiger partial charge in [0.2, 0.25) is 0 Å². The molecule has 2 heteroatoms. The van der Waals surface area contributed by atoms with E-state index in [1.165, 1.54) is 37.7 Å². The smallest absolute Gasteiger partial charge is 0.119 e. The summed E-state index contributed by atoms with van der Waals surface area (Å²) in [6.07, 6.45) is 8.39. The first-order valence-electron chi connectivity index (χ1n) is 8.61. The van der Waals surface area contributed by atoms with Gasteiger partial charge in [0.05, 0.1) is 7.11 Å². The third kappa shape index (κ3) is 1.95. The summed E-state index contributed by atoms with van der Waals surface area (Å²) in [7, 11) is 1.77. The third-order valence-electron chi connectivity index (χ3n) is 6.76. The second-order valence-corrected chi connectivity index (χ2v) is 7.62. The summed E-state index contributed by atoms with van der Waals surface area (Å²) >= 11 is 0. The molecule has 5 rings (SSSR count). The van der Waals surface area contributed by atoms with Crippen molar-refractivity contribution in [2.24, 2.45) is 29.4 Å². The molecule has 2 nitrogen and oxygen atoms in total. The number of hydrogen-bond acceptors (Lipinski definition) is 2. The third-order valence-corrected chi connectivity index (χ3v) is 6.76. The Morgan fingerprint density at radius 3 is 2.33 bits per heavy atom. The summed E-state index contributed by atoms with van der Waals surface area (Å²) in [4.78, 5) is 0. The molecule has 4 fully saturated rings. The van der Waals surface area contributed by atoms with Crippen molar-refractivity contribution in [2.75, 3.05) is 13.7 Å². The first-order valence-corrected chi connectivity index (χ1v) is 8.61. The van der Waals surface area contributed by atoms with Crippen molar-refractivity contribution in [3.05, 3.63) is 29.8 Å². The van der Waals surface area contributed by atoms with E-state index in [0.29, 0.717) is 5.41 Å². The molecule has 0 radical (unpaired) electrons. The van der Waals surface area contributed by atoms with Gasteiger partial charge in [0.25, 0.3) is 0 Å². The van der Waals surface area contributed by atoms with Gasteiger partial charge in [-0.2, -0.15) is 0 Å². The second kappa shape index (κ2) is 5.01. The second-order valence-electron chi connectivity index (χ2n) is 7.62. The molecular weight excluding hydrogens is 258 g/mol. The van der Waals surface area contributed by atoms with Crippen molar-refractivity contribution in [1.29, 1.82) is 0 Å². The van der Waals surface area contributed by atoms with Gasteiger partial charge in [-0.05, 0) is 86.4 Å². The van der Waals surface area contributed by atoms with Crippen LogP contribution in [0.4, 0.5) is 0 Å². The topological polar surface area (TPSA) is 35.2 Å². The molecule has 4 saturated carbocycles. The van der Waals surface area contributed by atoms with Crippen molar-refractivity contribution < 1.29 is 4.74 Å². The fraction of sp³-hybridized carbons (Fsp3) is 0.684. The zero-order valence-corrected chi connectivity index (χ0v) is 13.1. The van der Waals surface area contributed by atoms with Crippen molar-refractivity contribution in [3.8, 4) is 5.75 Å². The van der Waals surface area contributed by atoms with E-state index < -0.39 is 0 Å². The average Bonchev–Trinajstić information content (AvgIpc) is 2.50. The van der Waals surface area contributed by atoms with Crippen LogP contribution < -0.4 is 10.5 Å². The van der Waals surface area contributed by atoms with Crippen LogP contribution in [0, 0.1) is 23.7 Å². The lowest BCUT2D eigenvalue weighted by Gasteiger charge is -2.62. The van der Waals surface area contributed by atoms with Gasteiger partial charge in [0.1, 0.15) is 5.75 Å². The quantitative estimate of drug-likeness (QED) is 0.914. The molecule has 114 valence electrons. The van der Waals surface area contributed by atoms with Gasteiger partial charge in [-0.1, -0.05) is 12.1 Å². The van der Waals surface area contributed by atoms with E-state index in [2.05, 4.69) is 24.3 Å². The molecule has 21 heavy (non-hydrogen) atoms. The molecule has 1 aromatic rings. The summed E-state index contributed by atoms with van der Waals surface area (Å²) in [6.45, 7) is 0.805. The predicted octanol–water partition coefficient (Wildman–Crippen LogP) is 3.74. The molecule has 0 amide bonds. The Balaban J connectivity index is 1.79. The summed E-state index contributed by atoms with van der Waals surface area (Å²) in [5.74, 6) is 4.71. The van der Waals surface area contributed by atoms with Crippen LogP contribution in [0.25, 0.3) is 0 Å². The first-order chi connectivity index (χ1) is 10.3. The highest BCUT2D eigenvalue weighted by Crippen LogP contribution is 2.64. The molecule has 0 aromatic heterocycles. The Kier molecular flexibility index (Phi) is 3.25. The monoisotopic (exact) mass is 285 g/mol. The van der Waals surface area contributed by atoms with Crippen LogP contribution >= 0.6 is 0 Å². The fourth-order valence-corrected chi connectivity index (χ4v) is 6.20. The highest BCUT2D eigenvalue weighted by atomic mass is 16.5. The van der Waals surface area contributed by atoms with Gasteiger partial charge >= 0.3 is 0 Å². The predicted molar refractivity (Wildman–Crippen MR) is 85.4 cm³/mol. The van der Waals surface area contributed by atoms with Crippen molar-refractivity contribution in [3.63, 3.8) is 0 Å². The van der Waals surface area contributed by atoms with E-state index in [0.717, 1.165) is 42.4 Å². The van der Waals surface area contributed by atoms with Crippen LogP contribution in [-0.2, 0) is 5.41 Å². The van der Waals surface area contributed by atoms with Crippen molar-refractivity contribution in [1.82, 2.24) is 0 Å². The van der Waals surface area contributed by atoms with Gasteiger partial charge in [0.15, 0.2) is 0 Å². The number of ether oxygens (including phenoxy) is 1. The molecular formula is C19H27NO. The minimum absolute atomic E-state index is 0.330. The van der Waals surface area contributed by atoms with E-state index >= 15 is 0 Å². The normalized spacial score (nSPS) is 40.5. The van der Waals surface area contributed by atoms with Crippen LogP contribution in [0.3, 0.4) is 0 Å². The number of hydrogen-bond donors (Lipinski definition) is 1. The van der Waals surface area contributed by atoms with Gasteiger partial charge in [-0.25, -0.2) is 0 Å². The van der Waals surface area contributed by atoms with Crippen LogP contribution in [-0.4, -0.2) is 13.7 Å². The zero-order valence-electron chi connectivity index (χ0n) is 13.1. The Bertz CT molecular complexity index is 496. The Hall–Kier alpha value is -1.02. The lowest BCUT2D eigenvalue weighted by molar-refractivity contribution is -0.0639. The molecule has 4 aliphatic carbocycles. The lowest BCUT2D eigenvalue weighted by Crippen LogP contribution is -2.56. The molecule has 4 bridgehead atoms. The summed E-state index contributed by atoms with van der Waals surface area (Å²) in [5, 5.41) is 0. The van der Waals surface area contributed by atoms with Crippen LogP contribution in [0.1, 0.15) is 44.1 Å². The van der Waals surface area contributed by atoms with E-state index in [1.54, 1.807) is 7.11 Å². The zero-order chi connectivity index (χ0) is 14.4. The van der Waals surface area contributed by atoms with E-state index in [1.807, 2.05) is 0 Å². The Morgan fingerprint density at radius 1 is 1.10 bits per heavy atom. The first kappa shape index (κ1) is 13.6. The van der Waals surface area contributed by atoms with Crippen LogP contribution in [0.5, 0.6) is 5.75 Å². The highest BCUT2D eigenvalue weighted by molar-refractivity contribution is 5.37. The Morgan fingerprint density at radius 2 is 1.76 bits per heavy atom. The average molecular weight is 285 g/mol. The summed E-state index contributed by atoms with van der Waals surface area (Å²) < 4.78 is 5.49. The standard InChI is InChI=1S/C19H27NO/c1-21-18-4-2-3-15(12-18)19(5-6-20)16-8-13-7-14(10-16)11-17(19)9-13/h2-4,12-14,16-17H,5-11,20H2,1H3. The fourth-order valence-electron chi connectivity index (χ4n) is 6.20. The molecule has 0 saturated heterocycles. The minimum atomic E-state index is 0.330. The maximum Gasteiger partial charge on any atom is 0.119 e. The molecule has 2 N–H and O–H groups in total. The Labute approximate surface area is 128 Å². The van der Waals surface area contributed by atoms with Gasteiger partial charge in [0, 0.05) is 5.41 Å². The molecule has 4 aliphatic rings. The highest BCUT2D eigenvalue weighted by Gasteiger charge is 2.57. The maximum atomic E-state index is 6.07. The van der Waals surface area contributed by atoms with Gasteiger partial charge < -0.3 is 10.5 Å². The van der Waals surface area contributed by atoms with E-state index in [9.17, 15) is 0 Å².